The molecule has 0 aliphatic rings. The molecule has 0 saturated carbocycles. The zero-order valence-corrected chi connectivity index (χ0v) is 14.8. The van der Waals surface area contributed by atoms with Gasteiger partial charge in [-0.25, -0.2) is 13.1 Å². The fourth-order valence-electron chi connectivity index (χ4n) is 2.67. The molecule has 1 aromatic rings. The van der Waals surface area contributed by atoms with Crippen molar-refractivity contribution in [3.63, 3.8) is 0 Å². The summed E-state index contributed by atoms with van der Waals surface area (Å²) in [5.41, 5.74) is 5.14. The maximum absolute atomic E-state index is 12.5. The van der Waals surface area contributed by atoms with Gasteiger partial charge in [-0.1, -0.05) is 20.8 Å². The Morgan fingerprint density at radius 3 is 2.20 bits per heavy atom. The van der Waals surface area contributed by atoms with Crippen molar-refractivity contribution < 1.29 is 8.42 Å². The molecule has 0 bridgehead atoms. The lowest BCUT2D eigenvalue weighted by Gasteiger charge is -2.32. The van der Waals surface area contributed by atoms with E-state index < -0.39 is 15.6 Å². The van der Waals surface area contributed by atoms with Gasteiger partial charge < -0.3 is 5.73 Å². The Kier molecular flexibility index (Phi) is 5.07. The molecule has 4 nitrogen and oxygen atoms in total. The molecule has 0 amide bonds. The molecule has 1 rings (SSSR count). The van der Waals surface area contributed by atoms with Crippen LogP contribution in [0.25, 0.3) is 0 Å². The highest BCUT2D eigenvalue weighted by molar-refractivity contribution is 7.89. The highest BCUT2D eigenvalue weighted by atomic mass is 32.2. The molecule has 3 N–H and O–H groups in total. The number of thiophene rings is 1. The van der Waals surface area contributed by atoms with E-state index in [2.05, 4.69) is 25.5 Å². The Hall–Kier alpha value is -0.430. The summed E-state index contributed by atoms with van der Waals surface area (Å²) >= 11 is 1.44. The van der Waals surface area contributed by atoms with Crippen molar-refractivity contribution in [3.05, 3.63) is 15.8 Å². The monoisotopic (exact) mass is 318 g/mol. The zero-order valence-electron chi connectivity index (χ0n) is 13.2. The first-order chi connectivity index (χ1) is 8.86. The molecule has 0 unspecified atom stereocenters. The number of sulfonamides is 1. The number of hydrogen-bond donors (Lipinski definition) is 2. The minimum absolute atomic E-state index is 0.0537. The molecule has 0 spiro atoms. The lowest BCUT2D eigenvalue weighted by atomic mass is 9.82. The third-order valence-corrected chi connectivity index (χ3v) is 5.82. The number of nitrogens with one attached hydrogen (secondary N) is 1. The summed E-state index contributed by atoms with van der Waals surface area (Å²) in [5, 5.41) is 0. The van der Waals surface area contributed by atoms with Crippen molar-refractivity contribution in [2.45, 2.75) is 64.9 Å². The van der Waals surface area contributed by atoms with E-state index in [1.54, 1.807) is 6.07 Å². The van der Waals surface area contributed by atoms with Crippen molar-refractivity contribution in [1.29, 1.82) is 0 Å². The van der Waals surface area contributed by atoms with Crippen LogP contribution in [0.3, 0.4) is 0 Å². The molecule has 116 valence electrons. The maximum Gasteiger partial charge on any atom is 0.242 e. The topological polar surface area (TPSA) is 72.2 Å². The molecule has 0 aromatic carbocycles. The van der Waals surface area contributed by atoms with Crippen LogP contribution in [0.1, 0.15) is 50.8 Å². The van der Waals surface area contributed by atoms with Gasteiger partial charge in [0.2, 0.25) is 10.0 Å². The summed E-state index contributed by atoms with van der Waals surface area (Å²) in [6.45, 7) is 12.3. The van der Waals surface area contributed by atoms with Crippen molar-refractivity contribution in [1.82, 2.24) is 4.72 Å². The molecule has 1 heterocycles. The summed E-state index contributed by atoms with van der Waals surface area (Å²) in [6, 6.07) is 1.68. The number of rotatable bonds is 5. The lowest BCUT2D eigenvalue weighted by Crippen LogP contribution is -2.45. The Bertz CT molecular complexity index is 566. The second-order valence-corrected chi connectivity index (χ2v) is 10.1. The predicted molar refractivity (Wildman–Crippen MR) is 85.4 cm³/mol. The van der Waals surface area contributed by atoms with E-state index in [0.29, 0.717) is 11.4 Å². The molecular weight excluding hydrogens is 292 g/mol. The van der Waals surface area contributed by atoms with E-state index in [-0.39, 0.29) is 5.41 Å². The van der Waals surface area contributed by atoms with Crippen LogP contribution in [0.4, 0.5) is 0 Å². The normalized spacial score (nSPS) is 13.8. The molecule has 0 radical (unpaired) electrons. The first-order valence-corrected chi connectivity index (χ1v) is 9.00. The van der Waals surface area contributed by atoms with E-state index in [0.717, 1.165) is 16.2 Å². The van der Waals surface area contributed by atoms with Gasteiger partial charge in [0.05, 0.1) is 4.90 Å². The Morgan fingerprint density at radius 2 is 1.80 bits per heavy atom. The van der Waals surface area contributed by atoms with Crippen molar-refractivity contribution in [2.75, 3.05) is 0 Å². The van der Waals surface area contributed by atoms with Gasteiger partial charge in [-0.2, -0.15) is 0 Å². The van der Waals surface area contributed by atoms with Gasteiger partial charge >= 0.3 is 0 Å². The fourth-order valence-corrected chi connectivity index (χ4v) is 5.60. The minimum atomic E-state index is -3.51. The number of aryl methyl sites for hydroxylation is 1. The van der Waals surface area contributed by atoms with Crippen molar-refractivity contribution in [3.8, 4) is 0 Å². The molecule has 0 fully saturated rings. The molecule has 0 atom stereocenters. The first kappa shape index (κ1) is 17.6. The molecule has 1 aromatic heterocycles. The summed E-state index contributed by atoms with van der Waals surface area (Å²) in [7, 11) is -3.51. The molecule has 0 aliphatic carbocycles. The van der Waals surface area contributed by atoms with Gasteiger partial charge in [-0.05, 0) is 38.7 Å². The third kappa shape index (κ3) is 4.84. The van der Waals surface area contributed by atoms with Gasteiger partial charge in [0.1, 0.15) is 0 Å². The van der Waals surface area contributed by atoms with Crippen LogP contribution in [0.2, 0.25) is 0 Å². The van der Waals surface area contributed by atoms with E-state index >= 15 is 0 Å². The van der Waals surface area contributed by atoms with Gasteiger partial charge in [0, 0.05) is 21.8 Å². The average Bonchev–Trinajstić information content (AvgIpc) is 2.54. The summed E-state index contributed by atoms with van der Waals surface area (Å²) in [5.74, 6) is 0. The predicted octanol–water partition coefficient (Wildman–Crippen LogP) is 3.01. The smallest absolute Gasteiger partial charge is 0.242 e. The molecule has 0 aliphatic heterocycles. The molecule has 6 heteroatoms. The lowest BCUT2D eigenvalue weighted by molar-refractivity contribution is 0.269. The molecular formula is C14H26N2O2S2. The summed E-state index contributed by atoms with van der Waals surface area (Å²) in [4.78, 5) is 2.02. The second-order valence-electron chi connectivity index (χ2n) is 7.06. The van der Waals surface area contributed by atoms with Crippen molar-refractivity contribution >= 4 is 21.4 Å². The number of hydrogen-bond acceptors (Lipinski definition) is 4. The summed E-state index contributed by atoms with van der Waals surface area (Å²) in [6.07, 6.45) is 0.756. The van der Waals surface area contributed by atoms with Crippen LogP contribution in [-0.4, -0.2) is 14.0 Å². The Morgan fingerprint density at radius 1 is 1.25 bits per heavy atom. The highest BCUT2D eigenvalue weighted by Crippen LogP contribution is 2.30. The van der Waals surface area contributed by atoms with Crippen LogP contribution in [0.5, 0.6) is 0 Å². The zero-order chi connectivity index (χ0) is 15.8. The van der Waals surface area contributed by atoms with E-state index in [9.17, 15) is 8.42 Å². The highest BCUT2D eigenvalue weighted by Gasteiger charge is 2.31. The summed E-state index contributed by atoms with van der Waals surface area (Å²) < 4.78 is 27.9. The maximum atomic E-state index is 12.5. The second kappa shape index (κ2) is 5.75. The van der Waals surface area contributed by atoms with Crippen LogP contribution in [-0.2, 0) is 16.6 Å². The Labute approximate surface area is 126 Å². The molecule has 20 heavy (non-hydrogen) atoms. The van der Waals surface area contributed by atoms with Crippen LogP contribution in [0.15, 0.2) is 11.0 Å². The van der Waals surface area contributed by atoms with Gasteiger partial charge in [0.15, 0.2) is 0 Å². The van der Waals surface area contributed by atoms with Crippen LogP contribution < -0.4 is 10.5 Å². The first-order valence-electron chi connectivity index (χ1n) is 6.70. The third-order valence-electron chi connectivity index (χ3n) is 2.80. The Balaban J connectivity index is 3.03. The standard InChI is InChI=1S/C14H26N2O2S2/c1-10-12(7-11(8-15)19-10)20(17,18)16-14(5,6)9-13(2,3)4/h7,16H,8-9,15H2,1-6H3. The minimum Gasteiger partial charge on any atom is -0.326 e. The van der Waals surface area contributed by atoms with Gasteiger partial charge in [0.25, 0.3) is 0 Å². The quantitative estimate of drug-likeness (QED) is 0.876. The fraction of sp³-hybridized carbons (Fsp3) is 0.714. The number of nitrogens with two attached hydrogens (primary N) is 1. The van der Waals surface area contributed by atoms with E-state index in [1.165, 1.54) is 11.3 Å². The largest absolute Gasteiger partial charge is 0.326 e. The average molecular weight is 319 g/mol. The van der Waals surface area contributed by atoms with E-state index in [1.807, 2.05) is 20.8 Å². The van der Waals surface area contributed by atoms with Gasteiger partial charge in [-0.3, -0.25) is 0 Å². The molecule has 0 saturated heterocycles. The SMILES string of the molecule is Cc1sc(CN)cc1S(=O)(=O)NC(C)(C)CC(C)(C)C. The van der Waals surface area contributed by atoms with Crippen LogP contribution in [0, 0.1) is 12.3 Å². The van der Waals surface area contributed by atoms with Crippen LogP contribution >= 0.6 is 11.3 Å². The van der Waals surface area contributed by atoms with Gasteiger partial charge in [-0.15, -0.1) is 11.3 Å². The van der Waals surface area contributed by atoms with E-state index in [4.69, 9.17) is 5.73 Å². The van der Waals surface area contributed by atoms with Crippen molar-refractivity contribution in [2.24, 2.45) is 11.1 Å².